The molecule has 8 heteroatoms. The molecule has 0 aliphatic carbocycles. The zero-order valence-corrected chi connectivity index (χ0v) is 15.8. The molecular weight excluding hydrogens is 348 g/mol. The number of nitrogens with one attached hydrogen (secondary N) is 1. The average Bonchev–Trinajstić information content (AvgIpc) is 2.70. The average molecular weight is 370 g/mol. The topological polar surface area (TPSA) is 87.4 Å². The predicted molar refractivity (Wildman–Crippen MR) is 104 cm³/mol. The smallest absolute Gasteiger partial charge is 0.332 e. The van der Waals surface area contributed by atoms with Crippen LogP contribution in [0.1, 0.15) is 5.56 Å². The molecule has 0 aliphatic rings. The Bertz CT molecular complexity index is 1100. The molecule has 0 radical (unpaired) electrons. The van der Waals surface area contributed by atoms with Crippen LogP contribution in [0.2, 0.25) is 0 Å². The Morgan fingerprint density at radius 2 is 1.78 bits per heavy atom. The van der Waals surface area contributed by atoms with Crippen molar-refractivity contribution >= 4 is 16.7 Å². The van der Waals surface area contributed by atoms with E-state index in [0.29, 0.717) is 34.8 Å². The van der Waals surface area contributed by atoms with E-state index in [2.05, 4.69) is 10.3 Å². The molecule has 0 amide bonds. The molecule has 0 saturated heterocycles. The summed E-state index contributed by atoms with van der Waals surface area (Å²) < 4.78 is 13.0. The molecule has 2 heterocycles. The highest BCUT2D eigenvalue weighted by atomic mass is 16.5. The highest BCUT2D eigenvalue weighted by molar-refractivity contribution is 5.88. The first-order valence-corrected chi connectivity index (χ1v) is 8.47. The van der Waals surface area contributed by atoms with Crippen LogP contribution in [-0.4, -0.2) is 34.9 Å². The number of anilines is 1. The SMILES string of the molecule is COc1ccc(CCNc2ccnc3c2c(=O)n(C)c(=O)n3C)cc1OC. The highest BCUT2D eigenvalue weighted by Crippen LogP contribution is 2.27. The molecule has 0 fully saturated rings. The molecule has 0 unspecified atom stereocenters. The van der Waals surface area contributed by atoms with Gasteiger partial charge in [-0.05, 0) is 30.2 Å². The fourth-order valence-corrected chi connectivity index (χ4v) is 3.01. The van der Waals surface area contributed by atoms with Crippen molar-refractivity contribution in [2.45, 2.75) is 6.42 Å². The van der Waals surface area contributed by atoms with Crippen molar-refractivity contribution in [3.05, 3.63) is 56.9 Å². The van der Waals surface area contributed by atoms with Crippen LogP contribution in [0.15, 0.2) is 40.1 Å². The van der Waals surface area contributed by atoms with Crippen molar-refractivity contribution in [3.8, 4) is 11.5 Å². The fraction of sp³-hybridized carbons (Fsp3) is 0.316. The number of hydrogen-bond donors (Lipinski definition) is 1. The molecule has 0 bridgehead atoms. The number of aromatic nitrogens is 3. The van der Waals surface area contributed by atoms with Crippen molar-refractivity contribution in [1.29, 1.82) is 0 Å². The molecule has 8 nitrogen and oxygen atoms in total. The molecule has 27 heavy (non-hydrogen) atoms. The predicted octanol–water partition coefficient (Wildman–Crippen LogP) is 1.30. The number of benzene rings is 1. The molecule has 3 aromatic rings. The summed E-state index contributed by atoms with van der Waals surface area (Å²) in [5.41, 5.74) is 1.31. The second kappa shape index (κ2) is 7.53. The summed E-state index contributed by atoms with van der Waals surface area (Å²) >= 11 is 0. The van der Waals surface area contributed by atoms with Crippen LogP contribution < -0.4 is 26.0 Å². The number of aryl methyl sites for hydroxylation is 1. The molecule has 1 N–H and O–H groups in total. The first-order chi connectivity index (χ1) is 13.0. The maximum atomic E-state index is 12.5. The Morgan fingerprint density at radius 3 is 2.48 bits per heavy atom. The number of rotatable bonds is 6. The van der Waals surface area contributed by atoms with Gasteiger partial charge in [0, 0.05) is 26.8 Å². The van der Waals surface area contributed by atoms with Crippen molar-refractivity contribution < 1.29 is 9.47 Å². The van der Waals surface area contributed by atoms with Crippen LogP contribution in [-0.2, 0) is 20.5 Å². The summed E-state index contributed by atoms with van der Waals surface area (Å²) in [6.45, 7) is 0.598. The Labute approximate surface area is 156 Å². The molecule has 142 valence electrons. The monoisotopic (exact) mass is 370 g/mol. The molecule has 0 spiro atoms. The maximum Gasteiger partial charge on any atom is 0.332 e. The number of pyridine rings is 1. The van der Waals surface area contributed by atoms with Crippen LogP contribution >= 0.6 is 0 Å². The number of nitrogens with zero attached hydrogens (tertiary/aromatic N) is 3. The molecule has 1 aromatic carbocycles. The van der Waals surface area contributed by atoms with E-state index in [4.69, 9.17) is 9.47 Å². The highest BCUT2D eigenvalue weighted by Gasteiger charge is 2.13. The van der Waals surface area contributed by atoms with Crippen LogP contribution in [0.5, 0.6) is 11.5 Å². The molecule has 0 aliphatic heterocycles. The number of ether oxygens (including phenoxy) is 2. The van der Waals surface area contributed by atoms with Gasteiger partial charge >= 0.3 is 5.69 Å². The van der Waals surface area contributed by atoms with Gasteiger partial charge < -0.3 is 14.8 Å². The summed E-state index contributed by atoms with van der Waals surface area (Å²) in [6.07, 6.45) is 2.30. The Hall–Kier alpha value is -3.29. The van der Waals surface area contributed by atoms with Gasteiger partial charge in [-0.1, -0.05) is 6.07 Å². The van der Waals surface area contributed by atoms with Crippen molar-refractivity contribution in [2.24, 2.45) is 14.1 Å². The lowest BCUT2D eigenvalue weighted by Gasteiger charge is -2.13. The Morgan fingerprint density at radius 1 is 1.04 bits per heavy atom. The lowest BCUT2D eigenvalue weighted by molar-refractivity contribution is 0.354. The summed E-state index contributed by atoms with van der Waals surface area (Å²) in [4.78, 5) is 28.8. The van der Waals surface area contributed by atoms with Crippen LogP contribution in [0, 0.1) is 0 Å². The minimum absolute atomic E-state index is 0.360. The molecular formula is C19H22N4O4. The molecule has 2 aromatic heterocycles. The largest absolute Gasteiger partial charge is 0.493 e. The van der Waals surface area contributed by atoms with Gasteiger partial charge in [-0.25, -0.2) is 9.78 Å². The minimum atomic E-state index is -0.400. The zero-order chi connectivity index (χ0) is 19.6. The Balaban J connectivity index is 1.86. The van der Waals surface area contributed by atoms with Gasteiger partial charge in [-0.2, -0.15) is 0 Å². The van der Waals surface area contributed by atoms with Gasteiger partial charge in [-0.3, -0.25) is 13.9 Å². The third-order valence-electron chi connectivity index (χ3n) is 4.52. The van der Waals surface area contributed by atoms with Gasteiger partial charge in [-0.15, -0.1) is 0 Å². The van der Waals surface area contributed by atoms with Crippen molar-refractivity contribution in [1.82, 2.24) is 14.1 Å². The van der Waals surface area contributed by atoms with Gasteiger partial charge in [0.2, 0.25) is 0 Å². The van der Waals surface area contributed by atoms with Gasteiger partial charge in [0.05, 0.1) is 19.9 Å². The Kier molecular flexibility index (Phi) is 5.16. The number of fused-ring (bicyclic) bond motifs is 1. The maximum absolute atomic E-state index is 12.5. The van der Waals surface area contributed by atoms with Gasteiger partial charge in [0.1, 0.15) is 5.39 Å². The summed E-state index contributed by atoms with van der Waals surface area (Å²) in [6, 6.07) is 7.49. The fourth-order valence-electron chi connectivity index (χ4n) is 3.01. The van der Waals surface area contributed by atoms with E-state index < -0.39 is 5.69 Å². The van der Waals surface area contributed by atoms with Crippen molar-refractivity contribution in [2.75, 3.05) is 26.1 Å². The van der Waals surface area contributed by atoms with Crippen LogP contribution in [0.25, 0.3) is 11.0 Å². The van der Waals surface area contributed by atoms with E-state index in [0.717, 1.165) is 16.6 Å². The number of hydrogen-bond acceptors (Lipinski definition) is 6. The summed E-state index contributed by atoms with van der Waals surface area (Å²) in [5.74, 6) is 1.35. The van der Waals surface area contributed by atoms with Gasteiger partial charge in [0.15, 0.2) is 17.1 Å². The first-order valence-electron chi connectivity index (χ1n) is 8.47. The van der Waals surface area contributed by atoms with Crippen LogP contribution in [0.4, 0.5) is 5.69 Å². The minimum Gasteiger partial charge on any atom is -0.493 e. The molecule has 0 atom stereocenters. The third-order valence-corrected chi connectivity index (χ3v) is 4.52. The zero-order valence-electron chi connectivity index (χ0n) is 15.8. The quantitative estimate of drug-likeness (QED) is 0.704. The van der Waals surface area contributed by atoms with E-state index in [-0.39, 0.29) is 5.56 Å². The third kappa shape index (κ3) is 3.38. The van der Waals surface area contributed by atoms with Gasteiger partial charge in [0.25, 0.3) is 5.56 Å². The summed E-state index contributed by atoms with van der Waals surface area (Å²) in [7, 11) is 6.26. The molecule has 0 saturated carbocycles. The van der Waals surface area contributed by atoms with E-state index >= 15 is 0 Å². The summed E-state index contributed by atoms with van der Waals surface area (Å²) in [5, 5.41) is 3.67. The second-order valence-corrected chi connectivity index (χ2v) is 6.13. The van der Waals surface area contributed by atoms with Crippen LogP contribution in [0.3, 0.4) is 0 Å². The van der Waals surface area contributed by atoms with E-state index in [1.807, 2.05) is 18.2 Å². The lowest BCUT2D eigenvalue weighted by atomic mass is 10.1. The second-order valence-electron chi connectivity index (χ2n) is 6.13. The van der Waals surface area contributed by atoms with Crippen molar-refractivity contribution in [3.63, 3.8) is 0 Å². The lowest BCUT2D eigenvalue weighted by Crippen LogP contribution is -2.37. The number of methoxy groups -OCH3 is 2. The van der Waals surface area contributed by atoms with E-state index in [9.17, 15) is 9.59 Å². The van der Waals surface area contributed by atoms with E-state index in [1.165, 1.54) is 11.6 Å². The standard InChI is InChI=1S/C19H22N4O4/c1-22-17-16(18(24)23(2)19(22)25)13(8-10-21-17)20-9-7-12-5-6-14(26-3)15(11-12)27-4/h5-6,8,10-11H,7,9H2,1-4H3,(H,20,21). The molecule has 3 rings (SSSR count). The van der Waals surface area contributed by atoms with E-state index in [1.54, 1.807) is 33.5 Å². The first kappa shape index (κ1) is 18.5. The normalized spacial score (nSPS) is 10.8.